The summed E-state index contributed by atoms with van der Waals surface area (Å²) in [5.74, 6) is -0.0190. The van der Waals surface area contributed by atoms with Crippen LogP contribution in [0.25, 0.3) is 11.5 Å². The monoisotopic (exact) mass is 269 g/mol. The average molecular weight is 269 g/mol. The number of aryl methyl sites for hydroxylation is 1. The van der Waals surface area contributed by atoms with Gasteiger partial charge in [0.05, 0.1) is 11.3 Å². The molecule has 0 aliphatic heterocycles. The number of ketones is 1. The average Bonchev–Trinajstić information content (AvgIpc) is 2.70. The number of aromatic nitrogens is 1. The highest BCUT2D eigenvalue weighted by atomic mass is 19.4. The van der Waals surface area contributed by atoms with Crippen LogP contribution in [-0.2, 0) is 6.18 Å². The Balaban J connectivity index is 2.38. The van der Waals surface area contributed by atoms with Crippen LogP contribution in [0.5, 0.6) is 0 Å². The lowest BCUT2D eigenvalue weighted by Gasteiger charge is -2.06. The summed E-state index contributed by atoms with van der Waals surface area (Å²) >= 11 is 0. The first kappa shape index (κ1) is 13.3. The van der Waals surface area contributed by atoms with Crippen LogP contribution in [0.4, 0.5) is 13.2 Å². The van der Waals surface area contributed by atoms with E-state index in [1.807, 2.05) is 0 Å². The summed E-state index contributed by atoms with van der Waals surface area (Å²) in [5, 5.41) is 0. The predicted molar refractivity (Wildman–Crippen MR) is 61.7 cm³/mol. The predicted octanol–water partition coefficient (Wildman–Crippen LogP) is 3.87. The zero-order valence-corrected chi connectivity index (χ0v) is 10.2. The van der Waals surface area contributed by atoms with E-state index in [1.54, 1.807) is 6.92 Å². The van der Waals surface area contributed by atoms with E-state index < -0.39 is 11.7 Å². The van der Waals surface area contributed by atoms with E-state index in [-0.39, 0.29) is 17.4 Å². The molecule has 0 spiro atoms. The van der Waals surface area contributed by atoms with Gasteiger partial charge in [0.1, 0.15) is 0 Å². The van der Waals surface area contributed by atoms with Gasteiger partial charge < -0.3 is 4.42 Å². The number of hydrogen-bond acceptors (Lipinski definition) is 3. The summed E-state index contributed by atoms with van der Waals surface area (Å²) in [5.41, 5.74) is 0.0670. The van der Waals surface area contributed by atoms with Crippen molar-refractivity contribution in [3.63, 3.8) is 0 Å². The first-order valence-corrected chi connectivity index (χ1v) is 5.45. The van der Waals surface area contributed by atoms with Gasteiger partial charge in [-0.3, -0.25) is 4.79 Å². The molecule has 1 aromatic heterocycles. The number of carbonyl (C=O) groups excluding carboxylic acids is 1. The third-order valence-corrected chi connectivity index (χ3v) is 2.58. The fourth-order valence-corrected chi connectivity index (χ4v) is 1.65. The Hall–Kier alpha value is -2.11. The molecule has 0 bridgehead atoms. The van der Waals surface area contributed by atoms with Gasteiger partial charge in [0, 0.05) is 12.5 Å². The standard InChI is InChI=1S/C13H10F3NO2/c1-7-11(8(2)18)19-12(17-7)9-3-5-10(6-4-9)13(14,15)16/h3-6H,1-2H3. The maximum atomic E-state index is 12.4. The fourth-order valence-electron chi connectivity index (χ4n) is 1.65. The smallest absolute Gasteiger partial charge is 0.416 e. The molecule has 6 heteroatoms. The van der Waals surface area contributed by atoms with Crippen LogP contribution in [0, 0.1) is 6.92 Å². The van der Waals surface area contributed by atoms with E-state index in [0.29, 0.717) is 11.3 Å². The molecule has 0 amide bonds. The van der Waals surface area contributed by atoms with Gasteiger partial charge in [-0.1, -0.05) is 0 Å². The number of oxazole rings is 1. The van der Waals surface area contributed by atoms with E-state index >= 15 is 0 Å². The molecule has 19 heavy (non-hydrogen) atoms. The van der Waals surface area contributed by atoms with Crippen LogP contribution >= 0.6 is 0 Å². The van der Waals surface area contributed by atoms with Crippen molar-refractivity contribution in [2.45, 2.75) is 20.0 Å². The summed E-state index contributed by atoms with van der Waals surface area (Å²) in [6.07, 6.45) is -4.38. The Morgan fingerprint density at radius 3 is 2.21 bits per heavy atom. The number of benzene rings is 1. The number of hydrogen-bond donors (Lipinski definition) is 0. The minimum atomic E-state index is -4.38. The van der Waals surface area contributed by atoms with Crippen molar-refractivity contribution in [3.05, 3.63) is 41.3 Å². The Morgan fingerprint density at radius 2 is 1.79 bits per heavy atom. The molecule has 100 valence electrons. The van der Waals surface area contributed by atoms with Crippen LogP contribution < -0.4 is 0 Å². The third kappa shape index (κ3) is 2.67. The number of rotatable bonds is 2. The maximum absolute atomic E-state index is 12.4. The Labute approximate surface area is 107 Å². The van der Waals surface area contributed by atoms with Crippen molar-refractivity contribution in [2.24, 2.45) is 0 Å². The van der Waals surface area contributed by atoms with Gasteiger partial charge in [0.15, 0.2) is 11.5 Å². The first-order valence-electron chi connectivity index (χ1n) is 5.45. The highest BCUT2D eigenvalue weighted by Crippen LogP contribution is 2.31. The lowest BCUT2D eigenvalue weighted by Crippen LogP contribution is -2.03. The lowest BCUT2D eigenvalue weighted by atomic mass is 10.1. The number of Topliss-reactive ketones (excluding diaryl/α,β-unsaturated/α-hetero) is 1. The van der Waals surface area contributed by atoms with Crippen molar-refractivity contribution in [3.8, 4) is 11.5 Å². The van der Waals surface area contributed by atoms with Crippen LogP contribution in [0.2, 0.25) is 0 Å². The van der Waals surface area contributed by atoms with Gasteiger partial charge in [-0.2, -0.15) is 13.2 Å². The molecule has 0 radical (unpaired) electrons. The number of alkyl halides is 3. The Kier molecular flexibility index (Phi) is 3.18. The van der Waals surface area contributed by atoms with Crippen LogP contribution in [0.3, 0.4) is 0 Å². The second-order valence-electron chi connectivity index (χ2n) is 4.06. The Bertz CT molecular complexity index is 612. The molecule has 1 aromatic carbocycles. The molecule has 2 aromatic rings. The fraction of sp³-hybridized carbons (Fsp3) is 0.231. The van der Waals surface area contributed by atoms with Gasteiger partial charge in [-0.25, -0.2) is 4.98 Å². The zero-order valence-electron chi connectivity index (χ0n) is 10.2. The summed E-state index contributed by atoms with van der Waals surface area (Å²) in [6, 6.07) is 4.42. The van der Waals surface area contributed by atoms with Crippen molar-refractivity contribution in [2.75, 3.05) is 0 Å². The van der Waals surface area contributed by atoms with E-state index in [2.05, 4.69) is 4.98 Å². The molecule has 0 saturated heterocycles. The van der Waals surface area contributed by atoms with Crippen molar-refractivity contribution in [1.29, 1.82) is 0 Å². The molecule has 0 unspecified atom stereocenters. The zero-order chi connectivity index (χ0) is 14.2. The molecule has 0 aliphatic rings. The van der Waals surface area contributed by atoms with Crippen LogP contribution in [0.15, 0.2) is 28.7 Å². The van der Waals surface area contributed by atoms with Crippen LogP contribution in [-0.4, -0.2) is 10.8 Å². The molecule has 0 N–H and O–H groups in total. The van der Waals surface area contributed by atoms with E-state index in [9.17, 15) is 18.0 Å². The highest BCUT2D eigenvalue weighted by molar-refractivity contribution is 5.92. The second-order valence-corrected chi connectivity index (χ2v) is 4.06. The first-order chi connectivity index (χ1) is 8.79. The quantitative estimate of drug-likeness (QED) is 0.777. The molecule has 0 aliphatic carbocycles. The van der Waals surface area contributed by atoms with E-state index in [1.165, 1.54) is 19.1 Å². The largest absolute Gasteiger partial charge is 0.433 e. The molecular weight excluding hydrogens is 259 g/mol. The molecule has 3 nitrogen and oxygen atoms in total. The van der Waals surface area contributed by atoms with Gasteiger partial charge >= 0.3 is 6.18 Å². The van der Waals surface area contributed by atoms with Gasteiger partial charge in [0.25, 0.3) is 0 Å². The van der Waals surface area contributed by atoms with Crippen molar-refractivity contribution >= 4 is 5.78 Å². The molecule has 1 heterocycles. The van der Waals surface area contributed by atoms with Gasteiger partial charge in [-0.05, 0) is 31.2 Å². The SMILES string of the molecule is CC(=O)c1oc(-c2ccc(C(F)(F)F)cc2)nc1C. The van der Waals surface area contributed by atoms with Gasteiger partial charge in [0.2, 0.25) is 5.89 Å². The molecule has 0 fully saturated rings. The van der Waals surface area contributed by atoms with Gasteiger partial charge in [-0.15, -0.1) is 0 Å². The number of carbonyl (C=O) groups is 1. The Morgan fingerprint density at radius 1 is 1.21 bits per heavy atom. The summed E-state index contributed by atoms with van der Waals surface area (Å²) < 4.78 is 42.5. The normalized spacial score (nSPS) is 11.6. The minimum absolute atomic E-state index is 0.120. The highest BCUT2D eigenvalue weighted by Gasteiger charge is 2.30. The van der Waals surface area contributed by atoms with Crippen molar-refractivity contribution in [1.82, 2.24) is 4.98 Å². The topological polar surface area (TPSA) is 43.1 Å². The third-order valence-electron chi connectivity index (χ3n) is 2.58. The van der Waals surface area contributed by atoms with E-state index in [0.717, 1.165) is 12.1 Å². The summed E-state index contributed by atoms with van der Waals surface area (Å²) in [4.78, 5) is 15.2. The lowest BCUT2D eigenvalue weighted by molar-refractivity contribution is -0.137. The second kappa shape index (κ2) is 4.53. The molecule has 0 saturated carbocycles. The number of halogens is 3. The summed E-state index contributed by atoms with van der Waals surface area (Å²) in [7, 11) is 0. The number of nitrogens with zero attached hydrogens (tertiary/aromatic N) is 1. The molecular formula is C13H10F3NO2. The minimum Gasteiger partial charge on any atom is -0.433 e. The van der Waals surface area contributed by atoms with Crippen LogP contribution in [0.1, 0.15) is 28.7 Å². The van der Waals surface area contributed by atoms with E-state index in [4.69, 9.17) is 4.42 Å². The maximum Gasteiger partial charge on any atom is 0.416 e. The summed E-state index contributed by atoms with van der Waals surface area (Å²) in [6.45, 7) is 2.94. The molecule has 2 rings (SSSR count). The van der Waals surface area contributed by atoms with Crippen molar-refractivity contribution < 1.29 is 22.4 Å². The molecule has 0 atom stereocenters.